The molecule has 1 aromatic carbocycles. The van der Waals surface area contributed by atoms with Crippen LogP contribution < -0.4 is 5.73 Å². The van der Waals surface area contributed by atoms with E-state index in [-0.39, 0.29) is 0 Å². The third-order valence-corrected chi connectivity index (χ3v) is 2.87. The van der Waals surface area contributed by atoms with Gasteiger partial charge in [0.15, 0.2) is 0 Å². The Bertz CT molecular complexity index is 445. The summed E-state index contributed by atoms with van der Waals surface area (Å²) in [5.74, 6) is 0.689. The normalized spacial score (nSPS) is 10.4. The zero-order valence-electron chi connectivity index (χ0n) is 7.74. The molecule has 1 aromatic heterocycles. The maximum Gasteiger partial charge on any atom is 0.140 e. The summed E-state index contributed by atoms with van der Waals surface area (Å²) in [6.07, 6.45) is 1.76. The van der Waals surface area contributed by atoms with Gasteiger partial charge in [-0.1, -0.05) is 17.7 Å². The zero-order valence-corrected chi connectivity index (χ0v) is 9.89. The maximum absolute atomic E-state index is 5.87. The summed E-state index contributed by atoms with van der Waals surface area (Å²) in [6.45, 7) is 2.06. The van der Waals surface area contributed by atoms with Crippen LogP contribution in [0.15, 0.2) is 30.5 Å². The number of halogens is 1. The molecule has 0 unspecified atom stereocenters. The van der Waals surface area contributed by atoms with Gasteiger partial charge in [-0.2, -0.15) is 5.10 Å². The minimum Gasteiger partial charge on any atom is -0.383 e. The van der Waals surface area contributed by atoms with Crippen LogP contribution in [-0.4, -0.2) is 9.78 Å². The number of nitrogens with two attached hydrogens (primary N) is 1. The van der Waals surface area contributed by atoms with Crippen molar-refractivity contribution in [3.05, 3.63) is 39.6 Å². The van der Waals surface area contributed by atoms with Crippen molar-refractivity contribution in [1.82, 2.24) is 9.78 Å². The summed E-state index contributed by atoms with van der Waals surface area (Å²) in [4.78, 5) is 0. The van der Waals surface area contributed by atoms with Gasteiger partial charge < -0.3 is 5.73 Å². The summed E-state index contributed by atoms with van der Waals surface area (Å²) in [5.41, 5.74) is 8.09. The van der Waals surface area contributed by atoms with Crippen molar-refractivity contribution in [2.75, 3.05) is 5.73 Å². The third-order valence-electron chi connectivity index (χ3n) is 2.04. The standard InChI is InChI=1S/C10H10IN3/c1-7-2-4-8(5-3-7)14-10(12)9(11)6-13-14/h2-6H,12H2,1H3. The van der Waals surface area contributed by atoms with Crippen LogP contribution in [0.1, 0.15) is 5.56 Å². The molecule has 0 radical (unpaired) electrons. The first-order valence-electron chi connectivity index (χ1n) is 4.24. The van der Waals surface area contributed by atoms with Crippen molar-refractivity contribution in [3.8, 4) is 5.69 Å². The summed E-state index contributed by atoms with van der Waals surface area (Å²) < 4.78 is 2.71. The van der Waals surface area contributed by atoms with Crippen LogP contribution in [0.4, 0.5) is 5.82 Å². The van der Waals surface area contributed by atoms with Gasteiger partial charge in [-0.3, -0.25) is 0 Å². The first-order valence-corrected chi connectivity index (χ1v) is 5.32. The SMILES string of the molecule is Cc1ccc(-n2ncc(I)c2N)cc1. The largest absolute Gasteiger partial charge is 0.383 e. The Morgan fingerprint density at radius 3 is 2.43 bits per heavy atom. The number of benzene rings is 1. The highest BCUT2D eigenvalue weighted by Crippen LogP contribution is 2.18. The number of anilines is 1. The highest BCUT2D eigenvalue weighted by Gasteiger charge is 2.05. The van der Waals surface area contributed by atoms with Crippen molar-refractivity contribution >= 4 is 28.4 Å². The molecule has 14 heavy (non-hydrogen) atoms. The second kappa shape index (κ2) is 3.61. The van der Waals surface area contributed by atoms with E-state index >= 15 is 0 Å². The number of hydrogen-bond donors (Lipinski definition) is 1. The van der Waals surface area contributed by atoms with E-state index < -0.39 is 0 Å². The molecule has 0 aliphatic heterocycles. The lowest BCUT2D eigenvalue weighted by Gasteiger charge is -2.03. The lowest BCUT2D eigenvalue weighted by atomic mass is 10.2. The number of aromatic nitrogens is 2. The van der Waals surface area contributed by atoms with Gasteiger partial charge in [-0.25, -0.2) is 4.68 Å². The lowest BCUT2D eigenvalue weighted by Crippen LogP contribution is -2.01. The van der Waals surface area contributed by atoms with Crippen LogP contribution in [0.3, 0.4) is 0 Å². The second-order valence-corrected chi connectivity index (χ2v) is 4.29. The van der Waals surface area contributed by atoms with Crippen LogP contribution in [0.25, 0.3) is 5.69 Å². The summed E-state index contributed by atoms with van der Waals surface area (Å²) in [6, 6.07) is 8.11. The van der Waals surface area contributed by atoms with Gasteiger partial charge in [0.1, 0.15) is 5.82 Å². The average molecular weight is 299 g/mol. The molecule has 2 aromatic rings. The van der Waals surface area contributed by atoms with Crippen LogP contribution in [0.5, 0.6) is 0 Å². The van der Waals surface area contributed by atoms with Gasteiger partial charge in [0.2, 0.25) is 0 Å². The molecule has 0 bridgehead atoms. The summed E-state index contributed by atoms with van der Waals surface area (Å²) >= 11 is 2.17. The fourth-order valence-electron chi connectivity index (χ4n) is 1.23. The van der Waals surface area contributed by atoms with Gasteiger partial charge in [-0.15, -0.1) is 0 Å². The van der Waals surface area contributed by atoms with Crippen LogP contribution in [0.2, 0.25) is 0 Å². The third kappa shape index (κ3) is 1.61. The Kier molecular flexibility index (Phi) is 2.45. The van der Waals surface area contributed by atoms with Crippen molar-refractivity contribution < 1.29 is 0 Å². The molecule has 0 spiro atoms. The molecule has 2 rings (SSSR count). The Hall–Kier alpha value is -1.04. The lowest BCUT2D eigenvalue weighted by molar-refractivity contribution is 0.890. The maximum atomic E-state index is 5.87. The highest BCUT2D eigenvalue weighted by atomic mass is 127. The van der Waals surface area contributed by atoms with E-state index in [4.69, 9.17) is 5.73 Å². The minimum atomic E-state index is 0.689. The van der Waals surface area contributed by atoms with Gasteiger partial charge in [-0.05, 0) is 41.6 Å². The van der Waals surface area contributed by atoms with E-state index in [9.17, 15) is 0 Å². The van der Waals surface area contributed by atoms with Crippen LogP contribution >= 0.6 is 22.6 Å². The number of hydrogen-bond acceptors (Lipinski definition) is 2. The molecule has 0 saturated carbocycles. The van der Waals surface area contributed by atoms with E-state index in [1.54, 1.807) is 10.9 Å². The molecule has 0 aliphatic carbocycles. The van der Waals surface area contributed by atoms with Crippen LogP contribution in [-0.2, 0) is 0 Å². The van der Waals surface area contributed by atoms with Crippen molar-refractivity contribution in [2.45, 2.75) is 6.92 Å². The molecule has 4 heteroatoms. The number of nitrogens with zero attached hydrogens (tertiary/aromatic N) is 2. The predicted molar refractivity (Wildman–Crippen MR) is 65.4 cm³/mol. The molecular formula is C10H10IN3. The fraction of sp³-hybridized carbons (Fsp3) is 0.100. The Morgan fingerprint density at radius 1 is 1.29 bits per heavy atom. The smallest absolute Gasteiger partial charge is 0.140 e. The molecule has 3 nitrogen and oxygen atoms in total. The molecular weight excluding hydrogens is 289 g/mol. The van der Waals surface area contributed by atoms with E-state index in [0.717, 1.165) is 9.26 Å². The first kappa shape index (κ1) is 9.51. The molecule has 72 valence electrons. The van der Waals surface area contributed by atoms with Gasteiger partial charge in [0.25, 0.3) is 0 Å². The summed E-state index contributed by atoms with van der Waals surface area (Å²) in [5, 5.41) is 4.20. The summed E-state index contributed by atoms with van der Waals surface area (Å²) in [7, 11) is 0. The quantitative estimate of drug-likeness (QED) is 0.822. The highest BCUT2D eigenvalue weighted by molar-refractivity contribution is 14.1. The number of rotatable bonds is 1. The van der Waals surface area contributed by atoms with E-state index in [1.165, 1.54) is 5.56 Å². The molecule has 0 atom stereocenters. The minimum absolute atomic E-state index is 0.689. The molecule has 2 N–H and O–H groups in total. The van der Waals surface area contributed by atoms with Gasteiger partial charge in [0.05, 0.1) is 15.5 Å². The fourth-order valence-corrected chi connectivity index (χ4v) is 1.58. The molecule has 0 saturated heterocycles. The van der Waals surface area contributed by atoms with Crippen molar-refractivity contribution in [2.24, 2.45) is 0 Å². The Morgan fingerprint density at radius 2 is 1.93 bits per heavy atom. The molecule has 0 amide bonds. The molecule has 0 fully saturated rings. The van der Waals surface area contributed by atoms with E-state index in [0.29, 0.717) is 5.82 Å². The van der Waals surface area contributed by atoms with E-state index in [1.807, 2.05) is 24.3 Å². The average Bonchev–Trinajstić information content (AvgIpc) is 2.50. The van der Waals surface area contributed by atoms with Gasteiger partial charge in [0, 0.05) is 0 Å². The van der Waals surface area contributed by atoms with E-state index in [2.05, 4.69) is 34.6 Å². The monoisotopic (exact) mass is 299 g/mol. The molecule has 0 aliphatic rings. The Balaban J connectivity index is 2.49. The van der Waals surface area contributed by atoms with Gasteiger partial charge >= 0.3 is 0 Å². The van der Waals surface area contributed by atoms with Crippen molar-refractivity contribution in [1.29, 1.82) is 0 Å². The van der Waals surface area contributed by atoms with Crippen molar-refractivity contribution in [3.63, 3.8) is 0 Å². The second-order valence-electron chi connectivity index (χ2n) is 3.13. The predicted octanol–water partition coefficient (Wildman–Crippen LogP) is 2.37. The zero-order chi connectivity index (χ0) is 10.1. The number of nitrogen functional groups attached to an aromatic ring is 1. The first-order chi connectivity index (χ1) is 6.68. The topological polar surface area (TPSA) is 43.8 Å². The number of aryl methyl sites for hydroxylation is 1. The van der Waals surface area contributed by atoms with Crippen LogP contribution in [0, 0.1) is 10.5 Å². The molecule has 1 heterocycles. The Labute approximate surface area is 96.1 Å².